The number of carboxylic acids is 1. The van der Waals surface area contributed by atoms with E-state index >= 15 is 0 Å². The minimum atomic E-state index is -0.684. The fraction of sp³-hybridized carbons (Fsp3) is 0.625. The molecule has 1 aliphatic rings. The predicted octanol–water partition coefficient (Wildman–Crippen LogP) is 1.67. The average molecular weight is 140 g/mol. The summed E-state index contributed by atoms with van der Waals surface area (Å²) in [5.74, 6) is -0.618. The molecule has 10 heavy (non-hydrogen) atoms. The summed E-state index contributed by atoms with van der Waals surface area (Å²) in [7, 11) is 0. The molecule has 56 valence electrons. The van der Waals surface area contributed by atoms with E-state index in [0.717, 1.165) is 12.8 Å². The fourth-order valence-corrected chi connectivity index (χ4v) is 1.26. The number of carbonyl (C=O) groups is 1. The molecule has 1 rings (SSSR count). The van der Waals surface area contributed by atoms with Crippen LogP contribution in [0, 0.1) is 11.8 Å². The maximum absolute atomic E-state index is 10.5. The highest BCUT2D eigenvalue weighted by atomic mass is 16.4. The van der Waals surface area contributed by atoms with Crippen LogP contribution in [0.2, 0.25) is 0 Å². The molecule has 0 aromatic rings. The molecule has 0 aliphatic heterocycles. The summed E-state index contributed by atoms with van der Waals surface area (Å²) < 4.78 is 0. The Morgan fingerprint density at radius 3 is 2.90 bits per heavy atom. The van der Waals surface area contributed by atoms with Crippen molar-refractivity contribution in [1.82, 2.24) is 0 Å². The molecule has 0 spiro atoms. The lowest BCUT2D eigenvalue weighted by Crippen LogP contribution is -2.17. The Morgan fingerprint density at radius 2 is 2.50 bits per heavy atom. The maximum Gasteiger partial charge on any atom is 0.306 e. The van der Waals surface area contributed by atoms with Gasteiger partial charge in [0.1, 0.15) is 0 Å². The third kappa shape index (κ3) is 1.38. The highest BCUT2D eigenvalue weighted by Gasteiger charge is 2.22. The molecule has 0 saturated carbocycles. The Labute approximate surface area is 60.6 Å². The van der Waals surface area contributed by atoms with Crippen LogP contribution >= 0.6 is 0 Å². The van der Waals surface area contributed by atoms with Gasteiger partial charge in [0.25, 0.3) is 0 Å². The number of rotatable bonds is 2. The smallest absolute Gasteiger partial charge is 0.306 e. The van der Waals surface area contributed by atoms with E-state index in [0.29, 0.717) is 0 Å². The van der Waals surface area contributed by atoms with Crippen LogP contribution < -0.4 is 0 Å². The molecule has 2 heteroatoms. The van der Waals surface area contributed by atoms with Crippen molar-refractivity contribution in [2.75, 3.05) is 0 Å². The number of allylic oxidation sites excluding steroid dienone is 2. The van der Waals surface area contributed by atoms with E-state index in [-0.39, 0.29) is 11.8 Å². The lowest BCUT2D eigenvalue weighted by molar-refractivity contribution is -0.142. The molecule has 0 aromatic carbocycles. The quantitative estimate of drug-likeness (QED) is 0.592. The molecule has 0 radical (unpaired) electrons. The number of hydrogen-bond donors (Lipinski definition) is 1. The van der Waals surface area contributed by atoms with Gasteiger partial charge in [-0.1, -0.05) is 19.1 Å². The van der Waals surface area contributed by atoms with E-state index in [9.17, 15) is 4.79 Å². The van der Waals surface area contributed by atoms with E-state index in [4.69, 9.17) is 5.11 Å². The van der Waals surface area contributed by atoms with Crippen LogP contribution in [0.1, 0.15) is 19.8 Å². The Hall–Kier alpha value is -0.790. The molecule has 1 N–H and O–H groups in total. The second-order valence-electron chi connectivity index (χ2n) is 2.80. The average Bonchev–Trinajstić information content (AvgIpc) is 2.36. The first kappa shape index (κ1) is 7.32. The molecule has 2 atom stereocenters. The summed E-state index contributed by atoms with van der Waals surface area (Å²) in [6, 6.07) is 0. The van der Waals surface area contributed by atoms with Crippen molar-refractivity contribution < 1.29 is 9.90 Å². The van der Waals surface area contributed by atoms with Crippen molar-refractivity contribution in [3.63, 3.8) is 0 Å². The van der Waals surface area contributed by atoms with Gasteiger partial charge >= 0.3 is 5.97 Å². The van der Waals surface area contributed by atoms with E-state index in [1.165, 1.54) is 0 Å². The minimum absolute atomic E-state index is 0.209. The van der Waals surface area contributed by atoms with Gasteiger partial charge in [-0.3, -0.25) is 4.79 Å². The molecule has 0 bridgehead atoms. The molecule has 2 nitrogen and oxygen atoms in total. The molecule has 0 unspecified atom stereocenters. The molecular formula is C8H12O2. The van der Waals surface area contributed by atoms with Gasteiger partial charge in [-0.05, 0) is 18.8 Å². The zero-order chi connectivity index (χ0) is 7.56. The standard InChI is InChI=1S/C8H12O2/c1-6(8(9)10)7-4-2-3-5-7/h2,4,6-7H,3,5H2,1H3,(H,9,10)/t6-,7+/m1/s1. The van der Waals surface area contributed by atoms with Gasteiger partial charge in [0, 0.05) is 0 Å². The highest BCUT2D eigenvalue weighted by Crippen LogP contribution is 2.24. The zero-order valence-electron chi connectivity index (χ0n) is 6.08. The fourth-order valence-electron chi connectivity index (χ4n) is 1.26. The van der Waals surface area contributed by atoms with E-state index in [1.807, 2.05) is 6.08 Å². The monoisotopic (exact) mass is 140 g/mol. The van der Waals surface area contributed by atoms with Crippen molar-refractivity contribution in [3.05, 3.63) is 12.2 Å². The van der Waals surface area contributed by atoms with Gasteiger partial charge in [-0.15, -0.1) is 0 Å². The largest absolute Gasteiger partial charge is 0.481 e. The summed E-state index contributed by atoms with van der Waals surface area (Å²) in [5.41, 5.74) is 0. The van der Waals surface area contributed by atoms with Crippen LogP contribution in [0.15, 0.2) is 12.2 Å². The van der Waals surface area contributed by atoms with Crippen LogP contribution in [-0.2, 0) is 4.79 Å². The normalized spacial score (nSPS) is 26.7. The molecule has 0 aromatic heterocycles. The molecule has 0 saturated heterocycles. The predicted molar refractivity (Wildman–Crippen MR) is 38.7 cm³/mol. The first-order chi connectivity index (χ1) is 4.72. The highest BCUT2D eigenvalue weighted by molar-refractivity contribution is 5.70. The van der Waals surface area contributed by atoms with Crippen LogP contribution in [-0.4, -0.2) is 11.1 Å². The number of aliphatic carboxylic acids is 1. The first-order valence-corrected chi connectivity index (χ1v) is 3.61. The van der Waals surface area contributed by atoms with Gasteiger partial charge in [0.15, 0.2) is 0 Å². The van der Waals surface area contributed by atoms with Gasteiger partial charge in [0.05, 0.1) is 5.92 Å². The summed E-state index contributed by atoms with van der Waals surface area (Å²) in [6.07, 6.45) is 6.12. The molecular weight excluding hydrogens is 128 g/mol. The third-order valence-corrected chi connectivity index (χ3v) is 2.08. The molecule has 0 heterocycles. The van der Waals surface area contributed by atoms with E-state index < -0.39 is 5.97 Å². The Balaban J connectivity index is 2.48. The summed E-state index contributed by atoms with van der Waals surface area (Å²) in [4.78, 5) is 10.5. The maximum atomic E-state index is 10.5. The van der Waals surface area contributed by atoms with Gasteiger partial charge in [0.2, 0.25) is 0 Å². The van der Waals surface area contributed by atoms with Crippen molar-refractivity contribution >= 4 is 5.97 Å². The second kappa shape index (κ2) is 2.86. The van der Waals surface area contributed by atoms with Crippen LogP contribution in [0.4, 0.5) is 0 Å². The van der Waals surface area contributed by atoms with Crippen molar-refractivity contribution in [2.24, 2.45) is 11.8 Å². The van der Waals surface area contributed by atoms with Gasteiger partial charge < -0.3 is 5.11 Å². The lowest BCUT2D eigenvalue weighted by Gasteiger charge is -2.11. The van der Waals surface area contributed by atoms with Crippen LogP contribution in [0.25, 0.3) is 0 Å². The van der Waals surface area contributed by atoms with E-state index in [2.05, 4.69) is 6.08 Å². The topological polar surface area (TPSA) is 37.3 Å². The lowest BCUT2D eigenvalue weighted by atomic mass is 9.94. The summed E-state index contributed by atoms with van der Waals surface area (Å²) >= 11 is 0. The zero-order valence-corrected chi connectivity index (χ0v) is 6.08. The second-order valence-corrected chi connectivity index (χ2v) is 2.80. The van der Waals surface area contributed by atoms with Crippen molar-refractivity contribution in [2.45, 2.75) is 19.8 Å². The summed E-state index contributed by atoms with van der Waals surface area (Å²) in [5, 5.41) is 8.61. The minimum Gasteiger partial charge on any atom is -0.481 e. The Bertz CT molecular complexity index is 161. The van der Waals surface area contributed by atoms with Gasteiger partial charge in [-0.2, -0.15) is 0 Å². The van der Waals surface area contributed by atoms with Crippen LogP contribution in [0.3, 0.4) is 0 Å². The number of carboxylic acid groups (broad SMARTS) is 1. The Morgan fingerprint density at radius 1 is 1.80 bits per heavy atom. The van der Waals surface area contributed by atoms with E-state index in [1.54, 1.807) is 6.92 Å². The van der Waals surface area contributed by atoms with Crippen molar-refractivity contribution in [3.8, 4) is 0 Å². The van der Waals surface area contributed by atoms with Crippen LogP contribution in [0.5, 0.6) is 0 Å². The Kier molecular flexibility index (Phi) is 2.10. The molecule has 0 amide bonds. The number of hydrogen-bond acceptors (Lipinski definition) is 1. The SMILES string of the molecule is C[C@@H](C(=O)O)[C@H]1C=CCC1. The third-order valence-electron chi connectivity index (χ3n) is 2.08. The summed E-state index contributed by atoms with van der Waals surface area (Å²) in [6.45, 7) is 1.77. The molecule has 1 aliphatic carbocycles. The molecule has 0 fully saturated rings. The van der Waals surface area contributed by atoms with Crippen molar-refractivity contribution in [1.29, 1.82) is 0 Å². The first-order valence-electron chi connectivity index (χ1n) is 3.61. The van der Waals surface area contributed by atoms with Gasteiger partial charge in [-0.25, -0.2) is 0 Å².